The fraction of sp³-hybridized carbons (Fsp3) is 0.448. The van der Waals surface area contributed by atoms with Crippen LogP contribution in [0.2, 0.25) is 0 Å². The molecule has 1 aromatic carbocycles. The number of aliphatic hydroxyl groups is 1. The van der Waals surface area contributed by atoms with Crippen LogP contribution in [0.5, 0.6) is 0 Å². The lowest BCUT2D eigenvalue weighted by atomic mass is 9.81. The standard InChI is InChI=1S/C29H31FN4O6/c1-3-29(38)18(15(12-35)13-40-28(29)37)8-22-26-17(10-32-22)25-20(34-27(36)23-11-31-6-7-39-23)5-4-16-14(2)19(30)9-21(33-26)24(16)25/h8-9,12,20,23,31-32,38H,3-7,10-11,13H2,1-2H3,(H,34,36)/b22-8-. The first-order valence-corrected chi connectivity index (χ1v) is 13.6. The molecule has 1 aliphatic carbocycles. The molecule has 1 fully saturated rings. The van der Waals surface area contributed by atoms with Crippen LogP contribution in [0.4, 0.5) is 4.39 Å². The molecule has 11 heteroatoms. The first-order valence-electron chi connectivity index (χ1n) is 13.6. The largest absolute Gasteiger partial charge is 0.458 e. The van der Waals surface area contributed by atoms with E-state index in [0.717, 1.165) is 22.1 Å². The third kappa shape index (κ3) is 4.11. The molecule has 0 spiro atoms. The average Bonchev–Trinajstić information content (AvgIpc) is 3.37. The molecule has 10 nitrogen and oxygen atoms in total. The number of nitrogens with one attached hydrogen (secondary N) is 3. The Balaban J connectivity index is 1.50. The fourth-order valence-corrected chi connectivity index (χ4v) is 6.21. The van der Waals surface area contributed by atoms with Crippen LogP contribution < -0.4 is 16.0 Å². The van der Waals surface area contributed by atoms with Crippen molar-refractivity contribution in [2.75, 3.05) is 26.3 Å². The zero-order chi connectivity index (χ0) is 28.2. The van der Waals surface area contributed by atoms with Crippen LogP contribution >= 0.6 is 0 Å². The number of aldehydes is 1. The molecule has 3 aliphatic heterocycles. The highest BCUT2D eigenvalue weighted by atomic mass is 19.1. The Morgan fingerprint density at radius 3 is 2.92 bits per heavy atom. The Labute approximate surface area is 230 Å². The van der Waals surface area contributed by atoms with Gasteiger partial charge in [0.05, 0.1) is 29.6 Å². The molecule has 4 heterocycles. The quantitative estimate of drug-likeness (QED) is 0.322. The number of halogens is 1. The van der Waals surface area contributed by atoms with Gasteiger partial charge in [0.25, 0.3) is 5.91 Å². The predicted octanol–water partition coefficient (Wildman–Crippen LogP) is 1.41. The van der Waals surface area contributed by atoms with E-state index >= 15 is 4.39 Å². The number of rotatable bonds is 5. The monoisotopic (exact) mass is 550 g/mol. The topological polar surface area (TPSA) is 139 Å². The van der Waals surface area contributed by atoms with Crippen LogP contribution in [0.1, 0.15) is 53.8 Å². The highest BCUT2D eigenvalue weighted by molar-refractivity contribution is 5.95. The lowest BCUT2D eigenvalue weighted by molar-refractivity contribution is -0.162. The molecule has 2 aromatic rings. The van der Waals surface area contributed by atoms with Gasteiger partial charge < -0.3 is 30.5 Å². The van der Waals surface area contributed by atoms with Gasteiger partial charge >= 0.3 is 5.97 Å². The average molecular weight is 551 g/mol. The third-order valence-electron chi connectivity index (χ3n) is 8.45. The molecule has 1 aromatic heterocycles. The summed E-state index contributed by atoms with van der Waals surface area (Å²) < 4.78 is 25.7. The van der Waals surface area contributed by atoms with Gasteiger partial charge in [0.1, 0.15) is 24.8 Å². The van der Waals surface area contributed by atoms with Crippen molar-refractivity contribution in [1.29, 1.82) is 0 Å². The van der Waals surface area contributed by atoms with Gasteiger partial charge in [0, 0.05) is 47.8 Å². The first-order chi connectivity index (χ1) is 19.3. The summed E-state index contributed by atoms with van der Waals surface area (Å²) in [5.41, 5.74) is 2.93. The molecule has 40 heavy (non-hydrogen) atoms. The Morgan fingerprint density at radius 1 is 1.38 bits per heavy atom. The fourth-order valence-electron chi connectivity index (χ4n) is 6.21. The number of pyridine rings is 1. The van der Waals surface area contributed by atoms with E-state index in [2.05, 4.69) is 16.0 Å². The predicted molar refractivity (Wildman–Crippen MR) is 142 cm³/mol. The van der Waals surface area contributed by atoms with E-state index in [4.69, 9.17) is 14.5 Å². The number of cyclic esters (lactones) is 1. The van der Waals surface area contributed by atoms with Gasteiger partial charge in [-0.3, -0.25) is 9.59 Å². The number of carbonyl (C=O) groups is 3. The number of morpholine rings is 1. The highest BCUT2D eigenvalue weighted by Crippen LogP contribution is 2.43. The summed E-state index contributed by atoms with van der Waals surface area (Å²) in [6.45, 7) is 5.08. The zero-order valence-electron chi connectivity index (χ0n) is 22.4. The Morgan fingerprint density at radius 2 is 2.20 bits per heavy atom. The van der Waals surface area contributed by atoms with Gasteiger partial charge in [0.15, 0.2) is 5.60 Å². The van der Waals surface area contributed by atoms with Crippen LogP contribution in [0.15, 0.2) is 23.3 Å². The van der Waals surface area contributed by atoms with Gasteiger partial charge in [-0.1, -0.05) is 6.92 Å². The van der Waals surface area contributed by atoms with Crippen molar-refractivity contribution in [3.63, 3.8) is 0 Å². The van der Waals surface area contributed by atoms with Crippen LogP contribution in [0, 0.1) is 12.7 Å². The molecule has 1 saturated heterocycles. The minimum Gasteiger partial charge on any atom is -0.458 e. The van der Waals surface area contributed by atoms with Crippen molar-refractivity contribution in [3.05, 3.63) is 57.1 Å². The van der Waals surface area contributed by atoms with Crippen LogP contribution in [-0.2, 0) is 36.8 Å². The number of hydrogen-bond acceptors (Lipinski definition) is 9. The van der Waals surface area contributed by atoms with Gasteiger partial charge in [-0.15, -0.1) is 0 Å². The van der Waals surface area contributed by atoms with Crippen molar-refractivity contribution < 1.29 is 33.4 Å². The number of hydrogen-bond donors (Lipinski definition) is 4. The van der Waals surface area contributed by atoms with E-state index in [0.29, 0.717) is 67.8 Å². The Kier molecular flexibility index (Phi) is 6.68. The zero-order valence-corrected chi connectivity index (χ0v) is 22.4. The number of nitrogens with zero attached hydrogens (tertiary/aromatic N) is 1. The van der Waals surface area contributed by atoms with E-state index in [1.165, 1.54) is 6.07 Å². The maximum absolute atomic E-state index is 15.0. The minimum absolute atomic E-state index is 0.00555. The van der Waals surface area contributed by atoms with Crippen molar-refractivity contribution in [2.45, 2.75) is 57.4 Å². The molecule has 3 unspecified atom stereocenters. The number of amides is 1. The molecule has 4 aliphatic rings. The summed E-state index contributed by atoms with van der Waals surface area (Å²) in [5, 5.41) is 21.6. The first kappa shape index (κ1) is 26.5. The lowest BCUT2D eigenvalue weighted by Crippen LogP contribution is -2.49. The summed E-state index contributed by atoms with van der Waals surface area (Å²) >= 11 is 0. The molecule has 210 valence electrons. The summed E-state index contributed by atoms with van der Waals surface area (Å²) in [7, 11) is 0. The Hall–Kier alpha value is -3.67. The van der Waals surface area contributed by atoms with Crippen LogP contribution in [-0.4, -0.2) is 66.3 Å². The summed E-state index contributed by atoms with van der Waals surface area (Å²) in [6.07, 6.45) is 2.70. The molecule has 1 amide bonds. The SMILES string of the molecule is CCC1(O)C(=O)OCC(C=O)=C1/C=C1\NCc2c1nc1cc(F)c(C)c3c1c2C(NC(=O)C1CNCCO1)CC3. The van der Waals surface area contributed by atoms with Gasteiger partial charge in [0.2, 0.25) is 0 Å². The summed E-state index contributed by atoms with van der Waals surface area (Å²) in [6, 6.07) is 1.06. The number of fused-ring (bicyclic) bond motifs is 2. The summed E-state index contributed by atoms with van der Waals surface area (Å²) in [5.74, 6) is -1.39. The molecule has 3 atom stereocenters. The van der Waals surface area contributed by atoms with Gasteiger partial charge in [-0.25, -0.2) is 14.2 Å². The van der Waals surface area contributed by atoms with E-state index in [1.807, 2.05) is 0 Å². The van der Waals surface area contributed by atoms with Crippen molar-refractivity contribution >= 4 is 34.8 Å². The lowest BCUT2D eigenvalue weighted by Gasteiger charge is -2.32. The molecule has 6 rings (SSSR count). The second kappa shape index (κ2) is 10.1. The molecule has 0 saturated carbocycles. The Bertz CT molecular complexity index is 1510. The van der Waals surface area contributed by atoms with E-state index in [1.54, 1.807) is 19.9 Å². The third-order valence-corrected chi connectivity index (χ3v) is 8.45. The van der Waals surface area contributed by atoms with Crippen molar-refractivity contribution in [3.8, 4) is 0 Å². The van der Waals surface area contributed by atoms with Crippen LogP contribution in [0.3, 0.4) is 0 Å². The number of esters is 1. The maximum Gasteiger partial charge on any atom is 0.343 e. The maximum atomic E-state index is 15.0. The van der Waals surface area contributed by atoms with Crippen LogP contribution in [0.25, 0.3) is 16.6 Å². The molecular weight excluding hydrogens is 519 g/mol. The molecule has 0 bridgehead atoms. The van der Waals surface area contributed by atoms with Crippen molar-refractivity contribution in [1.82, 2.24) is 20.9 Å². The van der Waals surface area contributed by atoms with E-state index in [9.17, 15) is 19.5 Å². The van der Waals surface area contributed by atoms with E-state index < -0.39 is 17.7 Å². The minimum atomic E-state index is -1.99. The number of benzene rings is 1. The van der Waals surface area contributed by atoms with E-state index in [-0.39, 0.29) is 41.9 Å². The number of ether oxygens (including phenoxy) is 2. The highest BCUT2D eigenvalue weighted by Gasteiger charge is 2.44. The number of aromatic nitrogens is 1. The molecular formula is C29H31FN4O6. The second-order valence-electron chi connectivity index (χ2n) is 10.6. The number of aryl methyl sites for hydroxylation is 1. The normalized spacial score (nSPS) is 26.9. The van der Waals surface area contributed by atoms with Crippen molar-refractivity contribution in [2.24, 2.45) is 0 Å². The van der Waals surface area contributed by atoms with Gasteiger partial charge in [-0.2, -0.15) is 0 Å². The van der Waals surface area contributed by atoms with Gasteiger partial charge in [-0.05, 0) is 49.0 Å². The number of carbonyl (C=O) groups excluding carboxylic acids is 3. The molecule has 0 radical (unpaired) electrons. The smallest absolute Gasteiger partial charge is 0.343 e. The second-order valence-corrected chi connectivity index (χ2v) is 10.6. The summed E-state index contributed by atoms with van der Waals surface area (Å²) in [4.78, 5) is 42.4. The molecule has 4 N–H and O–H groups in total.